The van der Waals surface area contributed by atoms with Crippen LogP contribution in [-0.2, 0) is 11.3 Å². The van der Waals surface area contributed by atoms with Crippen molar-refractivity contribution in [3.8, 4) is 5.75 Å². The molecule has 1 aromatic heterocycles. The van der Waals surface area contributed by atoms with Crippen LogP contribution in [0.4, 0.5) is 5.69 Å². The zero-order valence-corrected chi connectivity index (χ0v) is 11.1. The molecule has 2 aromatic rings. The number of rotatable bonds is 4. The van der Waals surface area contributed by atoms with Crippen molar-refractivity contribution in [2.24, 2.45) is 0 Å². The highest BCUT2D eigenvalue weighted by molar-refractivity contribution is 5.91. The lowest BCUT2D eigenvalue weighted by Gasteiger charge is -2.08. The molecule has 0 saturated heterocycles. The van der Waals surface area contributed by atoms with Gasteiger partial charge >= 0.3 is 0 Å². The van der Waals surface area contributed by atoms with Gasteiger partial charge in [-0.15, -0.1) is 0 Å². The summed E-state index contributed by atoms with van der Waals surface area (Å²) in [6.45, 7) is 2.29. The maximum Gasteiger partial charge on any atom is 0.290 e. The molecule has 0 fully saturated rings. The van der Waals surface area contributed by atoms with Crippen LogP contribution in [-0.4, -0.2) is 13.0 Å². The van der Waals surface area contributed by atoms with Gasteiger partial charge in [-0.2, -0.15) is 4.57 Å². The van der Waals surface area contributed by atoms with Gasteiger partial charge in [0.1, 0.15) is 5.75 Å². The minimum atomic E-state index is -0.0849. The third-order valence-corrected chi connectivity index (χ3v) is 2.77. The second-order valence-electron chi connectivity index (χ2n) is 4.30. The molecule has 0 unspecified atom stereocenters. The van der Waals surface area contributed by atoms with Gasteiger partial charge in [-0.3, -0.25) is 4.79 Å². The summed E-state index contributed by atoms with van der Waals surface area (Å²) in [5, 5.41) is 2.84. The normalized spacial score (nSPS) is 10.0. The summed E-state index contributed by atoms with van der Waals surface area (Å²) < 4.78 is 7.02. The summed E-state index contributed by atoms with van der Waals surface area (Å²) in [6.07, 6.45) is 3.77. The lowest BCUT2D eigenvalue weighted by atomic mass is 10.3. The number of carbonyl (C=O) groups excluding carboxylic acids is 1. The van der Waals surface area contributed by atoms with E-state index in [1.54, 1.807) is 7.11 Å². The quantitative estimate of drug-likeness (QED) is 0.850. The SMILES string of the molecule is COc1ccccc1NC(=O)C[n+]1ccc(C)cc1. The van der Waals surface area contributed by atoms with Crippen molar-refractivity contribution in [3.05, 3.63) is 54.4 Å². The maximum absolute atomic E-state index is 11.9. The summed E-state index contributed by atoms with van der Waals surface area (Å²) in [5.41, 5.74) is 1.85. The Hall–Kier alpha value is -2.36. The molecule has 1 N–H and O–H groups in total. The number of amides is 1. The standard InChI is InChI=1S/C15H16N2O2/c1-12-7-9-17(10-8-12)11-15(18)16-13-5-3-4-6-14(13)19-2/h3-10H,11H2,1-2H3/p+1. The van der Waals surface area contributed by atoms with Crippen LogP contribution in [0.2, 0.25) is 0 Å². The molecule has 98 valence electrons. The Morgan fingerprint density at radius 3 is 2.58 bits per heavy atom. The number of hydrogen-bond acceptors (Lipinski definition) is 2. The predicted molar refractivity (Wildman–Crippen MR) is 73.0 cm³/mol. The number of benzene rings is 1. The van der Waals surface area contributed by atoms with E-state index in [4.69, 9.17) is 4.74 Å². The van der Waals surface area contributed by atoms with E-state index in [0.717, 1.165) is 0 Å². The highest BCUT2D eigenvalue weighted by atomic mass is 16.5. The number of carbonyl (C=O) groups is 1. The van der Waals surface area contributed by atoms with Crippen LogP contribution >= 0.6 is 0 Å². The monoisotopic (exact) mass is 257 g/mol. The Morgan fingerprint density at radius 1 is 1.21 bits per heavy atom. The summed E-state index contributed by atoms with van der Waals surface area (Å²) in [6, 6.07) is 11.3. The second-order valence-corrected chi connectivity index (χ2v) is 4.30. The molecule has 19 heavy (non-hydrogen) atoms. The number of aromatic nitrogens is 1. The molecule has 0 aliphatic heterocycles. The molecule has 0 atom stereocenters. The fourth-order valence-electron chi connectivity index (χ4n) is 1.74. The molecule has 0 radical (unpaired) electrons. The molecule has 4 nitrogen and oxygen atoms in total. The third kappa shape index (κ3) is 3.55. The highest BCUT2D eigenvalue weighted by Gasteiger charge is 2.11. The van der Waals surface area contributed by atoms with Gasteiger partial charge in [0.25, 0.3) is 5.91 Å². The molecule has 0 aliphatic carbocycles. The number of ether oxygens (including phenoxy) is 1. The van der Waals surface area contributed by atoms with Gasteiger partial charge in [0, 0.05) is 12.1 Å². The van der Waals surface area contributed by atoms with Gasteiger partial charge in [-0.1, -0.05) is 12.1 Å². The first-order valence-electron chi connectivity index (χ1n) is 6.07. The van der Waals surface area contributed by atoms with Crippen LogP contribution < -0.4 is 14.6 Å². The number of nitrogens with zero attached hydrogens (tertiary/aromatic N) is 1. The van der Waals surface area contributed by atoms with E-state index in [1.165, 1.54) is 5.56 Å². The van der Waals surface area contributed by atoms with Crippen molar-refractivity contribution in [2.75, 3.05) is 12.4 Å². The molecule has 0 spiro atoms. The van der Waals surface area contributed by atoms with E-state index in [9.17, 15) is 4.79 Å². The smallest absolute Gasteiger partial charge is 0.290 e. The van der Waals surface area contributed by atoms with E-state index in [-0.39, 0.29) is 12.5 Å². The number of nitrogens with one attached hydrogen (secondary N) is 1. The van der Waals surface area contributed by atoms with Crippen LogP contribution in [0.15, 0.2) is 48.8 Å². The van der Waals surface area contributed by atoms with E-state index in [1.807, 2.05) is 60.3 Å². The van der Waals surface area contributed by atoms with Gasteiger partial charge in [0.05, 0.1) is 12.8 Å². The largest absolute Gasteiger partial charge is 0.495 e. The second kappa shape index (κ2) is 6.00. The van der Waals surface area contributed by atoms with Gasteiger partial charge in [0.2, 0.25) is 6.54 Å². The van der Waals surface area contributed by atoms with E-state index in [0.29, 0.717) is 11.4 Å². The average Bonchev–Trinajstić information content (AvgIpc) is 2.42. The van der Waals surface area contributed by atoms with E-state index in [2.05, 4.69) is 5.32 Å². The summed E-state index contributed by atoms with van der Waals surface area (Å²) in [5.74, 6) is 0.572. The molecule has 2 rings (SSSR count). The minimum absolute atomic E-state index is 0.0849. The van der Waals surface area contributed by atoms with Gasteiger partial charge in [-0.25, -0.2) is 0 Å². The van der Waals surface area contributed by atoms with E-state index >= 15 is 0 Å². The van der Waals surface area contributed by atoms with Crippen molar-refractivity contribution < 1.29 is 14.1 Å². The minimum Gasteiger partial charge on any atom is -0.495 e. The summed E-state index contributed by atoms with van der Waals surface area (Å²) in [7, 11) is 1.58. The Morgan fingerprint density at radius 2 is 1.89 bits per heavy atom. The molecule has 1 heterocycles. The molecule has 0 aliphatic rings. The fourth-order valence-corrected chi connectivity index (χ4v) is 1.74. The van der Waals surface area contributed by atoms with Crippen LogP contribution in [0.1, 0.15) is 5.56 Å². The summed E-state index contributed by atoms with van der Waals surface area (Å²) >= 11 is 0. The highest BCUT2D eigenvalue weighted by Crippen LogP contribution is 2.22. The first-order chi connectivity index (χ1) is 9.19. The Kier molecular flexibility index (Phi) is 4.13. The number of anilines is 1. The van der Waals surface area contributed by atoms with Gasteiger partial charge in [-0.05, 0) is 24.6 Å². The van der Waals surface area contributed by atoms with Crippen molar-refractivity contribution in [3.63, 3.8) is 0 Å². The molecular weight excluding hydrogens is 240 g/mol. The average molecular weight is 257 g/mol. The maximum atomic E-state index is 11.9. The third-order valence-electron chi connectivity index (χ3n) is 2.77. The Labute approximate surface area is 112 Å². The zero-order valence-electron chi connectivity index (χ0n) is 11.1. The van der Waals surface area contributed by atoms with Crippen molar-refractivity contribution >= 4 is 11.6 Å². The fraction of sp³-hybridized carbons (Fsp3) is 0.200. The number of methoxy groups -OCH3 is 1. The number of pyridine rings is 1. The lowest BCUT2D eigenvalue weighted by Crippen LogP contribution is -2.39. The molecule has 1 aromatic carbocycles. The van der Waals surface area contributed by atoms with Gasteiger partial charge in [0.15, 0.2) is 12.4 Å². The topological polar surface area (TPSA) is 42.2 Å². The number of hydrogen-bond donors (Lipinski definition) is 1. The Balaban J connectivity index is 2.03. The van der Waals surface area contributed by atoms with Crippen molar-refractivity contribution in [1.29, 1.82) is 0 Å². The van der Waals surface area contributed by atoms with Gasteiger partial charge < -0.3 is 10.1 Å². The lowest BCUT2D eigenvalue weighted by molar-refractivity contribution is -0.684. The zero-order chi connectivity index (χ0) is 13.7. The van der Waals surface area contributed by atoms with Crippen LogP contribution in [0.5, 0.6) is 5.75 Å². The van der Waals surface area contributed by atoms with Crippen LogP contribution in [0, 0.1) is 6.92 Å². The van der Waals surface area contributed by atoms with Crippen LogP contribution in [0.25, 0.3) is 0 Å². The molecule has 1 amide bonds. The van der Waals surface area contributed by atoms with Crippen molar-refractivity contribution in [2.45, 2.75) is 13.5 Å². The summed E-state index contributed by atoms with van der Waals surface area (Å²) in [4.78, 5) is 11.9. The predicted octanol–water partition coefficient (Wildman–Crippen LogP) is 1.93. The first kappa shape index (κ1) is 13.1. The number of aryl methyl sites for hydroxylation is 1. The van der Waals surface area contributed by atoms with Crippen LogP contribution in [0.3, 0.4) is 0 Å². The molecule has 0 bridgehead atoms. The van der Waals surface area contributed by atoms with E-state index < -0.39 is 0 Å². The molecule has 0 saturated carbocycles. The molecular formula is C15H17N2O2+. The molecule has 4 heteroatoms. The number of para-hydroxylation sites is 2. The van der Waals surface area contributed by atoms with Crippen molar-refractivity contribution in [1.82, 2.24) is 0 Å². The first-order valence-corrected chi connectivity index (χ1v) is 6.07. The Bertz CT molecular complexity index is 565.